The first kappa shape index (κ1) is 14.1. The van der Waals surface area contributed by atoms with Crippen molar-refractivity contribution < 1.29 is 14.6 Å². The van der Waals surface area contributed by atoms with Gasteiger partial charge in [0.2, 0.25) is 0 Å². The molecule has 2 aliphatic rings. The van der Waals surface area contributed by atoms with E-state index in [9.17, 15) is 9.90 Å². The lowest BCUT2D eigenvalue weighted by molar-refractivity contribution is 0.127. The average molecular weight is 291 g/mol. The fourth-order valence-corrected chi connectivity index (χ4v) is 3.32. The van der Waals surface area contributed by atoms with Gasteiger partial charge < -0.3 is 19.6 Å². The topological polar surface area (TPSA) is 65.9 Å². The van der Waals surface area contributed by atoms with Crippen LogP contribution >= 0.6 is 0 Å². The van der Waals surface area contributed by atoms with E-state index in [2.05, 4.69) is 17.9 Å². The molecule has 1 amide bonds. The fourth-order valence-electron chi connectivity index (χ4n) is 3.32. The van der Waals surface area contributed by atoms with Crippen molar-refractivity contribution in [1.82, 2.24) is 9.88 Å². The van der Waals surface area contributed by atoms with E-state index in [4.69, 9.17) is 9.72 Å². The van der Waals surface area contributed by atoms with Crippen LogP contribution < -0.4 is 4.90 Å². The van der Waals surface area contributed by atoms with Crippen LogP contribution in [0.15, 0.2) is 12.1 Å². The molecule has 3 heterocycles. The Labute approximate surface area is 124 Å². The lowest BCUT2D eigenvalue weighted by atomic mass is 10.1. The monoisotopic (exact) mass is 291 g/mol. The Balaban J connectivity index is 1.83. The van der Waals surface area contributed by atoms with E-state index >= 15 is 0 Å². The fraction of sp³-hybridized carbons (Fsp3) is 0.600. The summed E-state index contributed by atoms with van der Waals surface area (Å²) in [7, 11) is 0. The van der Waals surface area contributed by atoms with Gasteiger partial charge in [-0.1, -0.05) is 6.07 Å². The molecule has 1 fully saturated rings. The number of carbonyl (C=O) groups is 1. The van der Waals surface area contributed by atoms with E-state index in [1.54, 1.807) is 0 Å². The van der Waals surface area contributed by atoms with Gasteiger partial charge in [0, 0.05) is 25.7 Å². The van der Waals surface area contributed by atoms with E-state index in [1.807, 2.05) is 13.0 Å². The van der Waals surface area contributed by atoms with Crippen LogP contribution in [0.4, 0.5) is 10.6 Å². The highest BCUT2D eigenvalue weighted by Crippen LogP contribution is 2.35. The highest BCUT2D eigenvalue weighted by molar-refractivity contribution is 5.67. The smallest absolute Gasteiger partial charge is 0.407 e. The molecular weight excluding hydrogens is 270 g/mol. The number of hydrogen-bond acceptors (Lipinski definition) is 4. The molecule has 1 aromatic heterocycles. The zero-order valence-corrected chi connectivity index (χ0v) is 12.5. The number of carboxylic acid groups (broad SMARTS) is 1. The average Bonchev–Trinajstić information content (AvgIpc) is 2.82. The summed E-state index contributed by atoms with van der Waals surface area (Å²) >= 11 is 0. The van der Waals surface area contributed by atoms with Crippen LogP contribution in [0, 0.1) is 0 Å². The third-order valence-electron chi connectivity index (χ3n) is 4.22. The number of aromatic nitrogens is 1. The minimum Gasteiger partial charge on any atom is -0.465 e. The van der Waals surface area contributed by atoms with Gasteiger partial charge in [-0.05, 0) is 31.9 Å². The van der Waals surface area contributed by atoms with Gasteiger partial charge in [-0.3, -0.25) is 0 Å². The normalized spacial score (nSPS) is 23.9. The third-order valence-corrected chi connectivity index (χ3v) is 4.22. The van der Waals surface area contributed by atoms with E-state index in [-0.39, 0.29) is 12.1 Å². The van der Waals surface area contributed by atoms with Gasteiger partial charge in [-0.25, -0.2) is 9.78 Å². The van der Waals surface area contributed by atoms with Gasteiger partial charge in [0.15, 0.2) is 0 Å². The summed E-state index contributed by atoms with van der Waals surface area (Å²) in [6, 6.07) is 4.46. The number of fused-ring (bicyclic) bond motifs is 3. The number of amides is 1. The molecule has 6 heteroatoms. The number of ether oxygens (including phenoxy) is 1. The van der Waals surface area contributed by atoms with E-state index < -0.39 is 6.09 Å². The van der Waals surface area contributed by atoms with Crippen molar-refractivity contribution in [3.05, 3.63) is 23.4 Å². The number of piperazine rings is 1. The van der Waals surface area contributed by atoms with Crippen molar-refractivity contribution in [2.45, 2.75) is 39.0 Å². The molecule has 1 saturated heterocycles. The van der Waals surface area contributed by atoms with Gasteiger partial charge in [0.1, 0.15) is 5.82 Å². The highest BCUT2D eigenvalue weighted by atomic mass is 16.5. The highest BCUT2D eigenvalue weighted by Gasteiger charge is 2.40. The Morgan fingerprint density at radius 2 is 2.29 bits per heavy atom. The van der Waals surface area contributed by atoms with Crippen molar-refractivity contribution in [3.8, 4) is 0 Å². The minimum absolute atomic E-state index is 0.149. The predicted octanol–water partition coefficient (Wildman–Crippen LogP) is 1.73. The quantitative estimate of drug-likeness (QED) is 0.918. The van der Waals surface area contributed by atoms with Crippen molar-refractivity contribution in [2.24, 2.45) is 0 Å². The summed E-state index contributed by atoms with van der Waals surface area (Å²) in [6.45, 7) is 6.32. The second kappa shape index (κ2) is 5.52. The molecule has 3 rings (SSSR count). The first-order valence-electron chi connectivity index (χ1n) is 7.43. The van der Waals surface area contributed by atoms with Gasteiger partial charge >= 0.3 is 6.09 Å². The molecule has 2 atom stereocenters. The largest absolute Gasteiger partial charge is 0.465 e. The predicted molar refractivity (Wildman–Crippen MR) is 78.6 cm³/mol. The van der Waals surface area contributed by atoms with Crippen LogP contribution in [0.25, 0.3) is 0 Å². The van der Waals surface area contributed by atoms with Crippen LogP contribution in [0.1, 0.15) is 25.1 Å². The summed E-state index contributed by atoms with van der Waals surface area (Å²) in [5, 5.41) is 9.21. The number of hydrogen-bond donors (Lipinski definition) is 1. The van der Waals surface area contributed by atoms with Crippen LogP contribution in [-0.2, 0) is 17.8 Å². The maximum atomic E-state index is 11.2. The summed E-state index contributed by atoms with van der Waals surface area (Å²) < 4.78 is 5.42. The lowest BCUT2D eigenvalue weighted by Crippen LogP contribution is -2.58. The Bertz CT molecular complexity index is 549. The number of rotatable bonds is 3. The van der Waals surface area contributed by atoms with Crippen LogP contribution in [-0.4, -0.2) is 52.9 Å². The summed E-state index contributed by atoms with van der Waals surface area (Å²) in [4.78, 5) is 19.7. The second-order valence-electron chi connectivity index (χ2n) is 5.72. The van der Waals surface area contributed by atoms with Crippen LogP contribution in [0.2, 0.25) is 0 Å². The second-order valence-corrected chi connectivity index (χ2v) is 5.72. The molecule has 21 heavy (non-hydrogen) atoms. The van der Waals surface area contributed by atoms with Gasteiger partial charge in [-0.15, -0.1) is 0 Å². The van der Waals surface area contributed by atoms with Crippen molar-refractivity contribution >= 4 is 11.9 Å². The van der Waals surface area contributed by atoms with Crippen LogP contribution in [0.5, 0.6) is 0 Å². The number of pyridine rings is 1. The Morgan fingerprint density at radius 3 is 3.00 bits per heavy atom. The Morgan fingerprint density at radius 1 is 1.48 bits per heavy atom. The van der Waals surface area contributed by atoms with Crippen molar-refractivity contribution in [3.63, 3.8) is 0 Å². The first-order valence-corrected chi connectivity index (χ1v) is 7.43. The Kier molecular flexibility index (Phi) is 3.71. The molecule has 0 spiro atoms. The number of nitrogens with zero attached hydrogens (tertiary/aromatic N) is 3. The molecule has 6 nitrogen and oxygen atoms in total. The maximum absolute atomic E-state index is 11.2. The van der Waals surface area contributed by atoms with E-state index in [0.717, 1.165) is 17.9 Å². The molecule has 114 valence electrons. The summed E-state index contributed by atoms with van der Waals surface area (Å²) in [5.41, 5.74) is 2.14. The van der Waals surface area contributed by atoms with Gasteiger partial charge in [-0.2, -0.15) is 0 Å². The zero-order valence-electron chi connectivity index (χ0n) is 12.5. The molecule has 0 unspecified atom stereocenters. The molecule has 0 bridgehead atoms. The van der Waals surface area contributed by atoms with E-state index in [0.29, 0.717) is 26.3 Å². The summed E-state index contributed by atoms with van der Waals surface area (Å²) in [6.07, 6.45) is 0.0354. The zero-order chi connectivity index (χ0) is 15.0. The maximum Gasteiger partial charge on any atom is 0.407 e. The molecule has 0 aromatic carbocycles. The molecular formula is C15H21N3O3. The van der Waals surface area contributed by atoms with Crippen molar-refractivity contribution in [2.75, 3.05) is 24.6 Å². The standard InChI is InChI=1S/C15H21N3O3/c1-3-21-9-12-5-4-11-6-13-8-17(15(19)20)7-10(2)18(13)14(11)16-12/h4-5,10,13H,3,6-9H2,1-2H3,(H,19,20)/t10-,13-/m1/s1. The molecule has 1 N–H and O–H groups in total. The Hall–Kier alpha value is -1.82. The molecule has 2 aliphatic heterocycles. The van der Waals surface area contributed by atoms with E-state index in [1.165, 1.54) is 10.5 Å². The van der Waals surface area contributed by atoms with Crippen molar-refractivity contribution in [1.29, 1.82) is 0 Å². The lowest BCUT2D eigenvalue weighted by Gasteiger charge is -2.42. The SMILES string of the molecule is CCOCc1ccc2c(n1)N1[C@H](C2)CN(C(=O)O)C[C@H]1C. The third kappa shape index (κ3) is 2.55. The molecule has 0 aliphatic carbocycles. The van der Waals surface area contributed by atoms with Gasteiger partial charge in [0.25, 0.3) is 0 Å². The number of anilines is 1. The molecule has 0 radical (unpaired) electrons. The first-order chi connectivity index (χ1) is 10.1. The van der Waals surface area contributed by atoms with Crippen LogP contribution in [0.3, 0.4) is 0 Å². The van der Waals surface area contributed by atoms with Gasteiger partial charge in [0.05, 0.1) is 18.3 Å². The molecule has 1 aromatic rings. The summed E-state index contributed by atoms with van der Waals surface area (Å²) in [5.74, 6) is 1.01. The minimum atomic E-state index is -0.831. The molecule has 0 saturated carbocycles.